The Labute approximate surface area is 117 Å². The van der Waals surface area contributed by atoms with Gasteiger partial charge >= 0.3 is 117 Å². The molecule has 0 unspecified atom stereocenters. The number of phenols is 2. The molecule has 0 saturated carbocycles. The van der Waals surface area contributed by atoms with Gasteiger partial charge < -0.3 is 0 Å². The number of para-hydroxylation sites is 2. The van der Waals surface area contributed by atoms with Crippen molar-refractivity contribution in [1.29, 1.82) is 0 Å². The summed E-state index contributed by atoms with van der Waals surface area (Å²) in [6.07, 6.45) is 0. The van der Waals surface area contributed by atoms with Crippen LogP contribution in [-0.4, -0.2) is 18.7 Å². The van der Waals surface area contributed by atoms with E-state index in [9.17, 15) is 19.8 Å². The van der Waals surface area contributed by atoms with Crippen molar-refractivity contribution < 1.29 is 37.8 Å². The molecule has 2 aromatic carbocycles. The Morgan fingerprint density at radius 2 is 1.11 bits per heavy atom. The molecular weight excluding hydrogens is 339 g/mol. The third-order valence-corrected chi connectivity index (χ3v) is 3.89. The van der Waals surface area contributed by atoms with E-state index < -0.39 is 26.5 Å². The Balaban J connectivity index is 2.19. The van der Waals surface area contributed by atoms with Crippen molar-refractivity contribution in [2.24, 2.45) is 0 Å². The Bertz CT molecular complexity index is 581. The summed E-state index contributed by atoms with van der Waals surface area (Å²) >= 11 is -0.892. The number of aromatic hydroxyl groups is 2. The predicted octanol–water partition coefficient (Wildman–Crippen LogP) is 2.16. The van der Waals surface area contributed by atoms with Gasteiger partial charge in [-0.25, -0.2) is 0 Å². The van der Waals surface area contributed by atoms with E-state index in [-0.39, 0.29) is 22.6 Å². The van der Waals surface area contributed by atoms with Gasteiger partial charge in [-0.2, -0.15) is 0 Å². The summed E-state index contributed by atoms with van der Waals surface area (Å²) < 4.78 is -0.860. The van der Waals surface area contributed by atoms with Crippen LogP contribution in [0.15, 0.2) is 48.5 Å². The zero-order valence-corrected chi connectivity index (χ0v) is 11.2. The summed E-state index contributed by atoms with van der Waals surface area (Å²) in [5, 5.41) is 19.1. The van der Waals surface area contributed by atoms with Gasteiger partial charge in [0.05, 0.1) is 0 Å². The fraction of sp³-hybridized carbons (Fsp3) is 0. The number of hydrogen-bond acceptors (Lipinski definition) is 4. The minimum atomic E-state index is -0.892. The van der Waals surface area contributed by atoms with Gasteiger partial charge in [0.2, 0.25) is 0 Å². The first-order chi connectivity index (χ1) is 9.09. The molecule has 0 bridgehead atoms. The van der Waals surface area contributed by atoms with Crippen LogP contribution in [0.1, 0.15) is 20.7 Å². The number of hydrogen-bond donors (Lipinski definition) is 2. The van der Waals surface area contributed by atoms with Crippen LogP contribution < -0.4 is 0 Å². The van der Waals surface area contributed by atoms with E-state index >= 15 is 0 Å². The molecule has 0 spiro atoms. The van der Waals surface area contributed by atoms with Gasteiger partial charge in [0, 0.05) is 0 Å². The molecule has 0 aromatic heterocycles. The summed E-state index contributed by atoms with van der Waals surface area (Å²) in [6.45, 7) is 0. The minimum absolute atomic E-state index is 0.125. The third kappa shape index (κ3) is 3.08. The molecule has 19 heavy (non-hydrogen) atoms. The van der Waals surface area contributed by atoms with Gasteiger partial charge in [0.15, 0.2) is 0 Å². The van der Waals surface area contributed by atoms with E-state index in [4.69, 9.17) is 0 Å². The van der Waals surface area contributed by atoms with Crippen LogP contribution in [0.2, 0.25) is 0 Å². The van der Waals surface area contributed by atoms with Crippen LogP contribution in [0.3, 0.4) is 0 Å². The van der Waals surface area contributed by atoms with Crippen molar-refractivity contribution in [2.45, 2.75) is 0 Å². The molecule has 0 aliphatic heterocycles. The average molecular weight is 349 g/mol. The molecular formula is C14H10O4Pd. The molecule has 0 saturated heterocycles. The number of carbonyl (C=O) groups excluding carboxylic acids is 2. The molecule has 2 aromatic rings. The second-order valence-corrected chi connectivity index (χ2v) is 5.41. The van der Waals surface area contributed by atoms with E-state index in [0.717, 1.165) is 0 Å². The fourth-order valence-corrected chi connectivity index (χ4v) is 2.80. The first-order valence-corrected chi connectivity index (χ1v) is 6.88. The summed E-state index contributed by atoms with van der Waals surface area (Å²) in [5.41, 5.74) is 0.251. The Morgan fingerprint density at radius 1 is 0.737 bits per heavy atom. The van der Waals surface area contributed by atoms with Gasteiger partial charge in [-0.15, -0.1) is 0 Å². The van der Waals surface area contributed by atoms with Crippen LogP contribution in [-0.2, 0) is 18.0 Å². The average Bonchev–Trinajstić information content (AvgIpc) is 2.39. The summed E-state index contributed by atoms with van der Waals surface area (Å²) in [5.74, 6) is -0.285. The van der Waals surface area contributed by atoms with Crippen molar-refractivity contribution in [2.75, 3.05) is 0 Å². The fourth-order valence-electron chi connectivity index (χ4n) is 1.40. The van der Waals surface area contributed by atoms with E-state index in [0.29, 0.717) is 0 Å². The van der Waals surface area contributed by atoms with Crippen molar-refractivity contribution in [1.82, 2.24) is 0 Å². The zero-order valence-electron chi connectivity index (χ0n) is 9.65. The molecule has 100 valence electrons. The first kappa shape index (κ1) is 13.5. The molecule has 0 heterocycles. The summed E-state index contributed by atoms with van der Waals surface area (Å²) in [4.78, 5) is 23.8. The Morgan fingerprint density at radius 3 is 1.47 bits per heavy atom. The third-order valence-electron chi connectivity index (χ3n) is 2.34. The van der Waals surface area contributed by atoms with Crippen molar-refractivity contribution in [3.63, 3.8) is 0 Å². The van der Waals surface area contributed by atoms with Crippen LogP contribution in [0.5, 0.6) is 11.5 Å². The van der Waals surface area contributed by atoms with E-state index in [1.807, 2.05) is 0 Å². The molecule has 2 rings (SSSR count). The number of carbonyl (C=O) groups is 2. The Kier molecular flexibility index (Phi) is 4.10. The normalized spacial score (nSPS) is 10.3. The predicted molar refractivity (Wildman–Crippen MR) is 64.9 cm³/mol. The van der Waals surface area contributed by atoms with E-state index in [1.54, 1.807) is 24.3 Å². The molecule has 0 atom stereocenters. The van der Waals surface area contributed by atoms with E-state index in [1.165, 1.54) is 24.3 Å². The first-order valence-electron chi connectivity index (χ1n) is 5.33. The SMILES string of the molecule is O=[C]([Pd][C](=O)c1ccccc1O)c1ccccc1O. The van der Waals surface area contributed by atoms with Crippen molar-refractivity contribution >= 4 is 8.51 Å². The van der Waals surface area contributed by atoms with Crippen LogP contribution in [0, 0.1) is 0 Å². The molecule has 4 nitrogen and oxygen atoms in total. The monoisotopic (exact) mass is 348 g/mol. The Hall–Kier alpha value is -1.96. The zero-order chi connectivity index (χ0) is 13.8. The van der Waals surface area contributed by atoms with Gasteiger partial charge in [-0.05, 0) is 0 Å². The number of rotatable bonds is 4. The standard InChI is InChI=1S/2C7H5O2.Pd/c2*8-5-6-3-1-2-4-7(6)9;/h2*1-4,9H;. The van der Waals surface area contributed by atoms with Gasteiger partial charge in [0.1, 0.15) is 0 Å². The van der Waals surface area contributed by atoms with Crippen LogP contribution >= 0.6 is 0 Å². The van der Waals surface area contributed by atoms with Crippen molar-refractivity contribution in [3.05, 3.63) is 59.7 Å². The number of benzene rings is 2. The van der Waals surface area contributed by atoms with Gasteiger partial charge in [-0.3, -0.25) is 0 Å². The van der Waals surface area contributed by atoms with Crippen LogP contribution in [0.4, 0.5) is 0 Å². The maximum absolute atomic E-state index is 11.9. The van der Waals surface area contributed by atoms with Crippen LogP contribution in [0.25, 0.3) is 0 Å². The summed E-state index contributed by atoms with van der Waals surface area (Å²) in [6, 6.07) is 12.2. The molecule has 0 radical (unpaired) electrons. The van der Waals surface area contributed by atoms with Gasteiger partial charge in [0.25, 0.3) is 0 Å². The summed E-state index contributed by atoms with van der Waals surface area (Å²) in [7, 11) is 0. The maximum atomic E-state index is 11.9. The molecule has 0 amide bonds. The van der Waals surface area contributed by atoms with Gasteiger partial charge in [-0.1, -0.05) is 0 Å². The quantitative estimate of drug-likeness (QED) is 0.830. The van der Waals surface area contributed by atoms with Crippen molar-refractivity contribution in [3.8, 4) is 11.5 Å². The van der Waals surface area contributed by atoms with E-state index in [2.05, 4.69) is 0 Å². The second-order valence-electron chi connectivity index (χ2n) is 3.60. The molecule has 2 N–H and O–H groups in total. The number of phenolic OH excluding ortho intramolecular Hbond substituents is 2. The second kappa shape index (κ2) is 5.79. The molecule has 5 heteroatoms. The molecule has 0 aliphatic rings. The molecule has 0 aliphatic carbocycles. The molecule has 0 fully saturated rings. The topological polar surface area (TPSA) is 74.6 Å².